The molecular formula is C16H21ClN4O3. The largest absolute Gasteiger partial charge is 0.378 e. The van der Waals surface area contributed by atoms with Gasteiger partial charge in [-0.1, -0.05) is 11.6 Å². The van der Waals surface area contributed by atoms with Gasteiger partial charge >= 0.3 is 0 Å². The van der Waals surface area contributed by atoms with E-state index in [9.17, 15) is 9.59 Å². The van der Waals surface area contributed by atoms with E-state index in [1.54, 1.807) is 11.0 Å². The lowest BCUT2D eigenvalue weighted by Gasteiger charge is -2.26. The zero-order chi connectivity index (χ0) is 16.9. The van der Waals surface area contributed by atoms with Crippen molar-refractivity contribution in [3.63, 3.8) is 0 Å². The Labute approximate surface area is 145 Å². The Bertz CT molecular complexity index is 615. The molecule has 0 aromatic carbocycles. The van der Waals surface area contributed by atoms with Gasteiger partial charge in [0.25, 0.3) is 5.91 Å². The Morgan fingerprint density at radius 1 is 1.29 bits per heavy atom. The molecule has 0 spiro atoms. The van der Waals surface area contributed by atoms with E-state index in [0.29, 0.717) is 55.8 Å². The Kier molecular flexibility index (Phi) is 5.52. The molecule has 1 aliphatic heterocycles. The van der Waals surface area contributed by atoms with Gasteiger partial charge in [-0.15, -0.1) is 0 Å². The maximum atomic E-state index is 12.4. The number of carbonyl (C=O) groups excluding carboxylic acids is 2. The van der Waals surface area contributed by atoms with E-state index in [2.05, 4.69) is 15.6 Å². The Balaban J connectivity index is 1.50. The summed E-state index contributed by atoms with van der Waals surface area (Å²) in [6, 6.07) is 1.62. The van der Waals surface area contributed by atoms with Crippen LogP contribution in [0.4, 0.5) is 5.82 Å². The van der Waals surface area contributed by atoms with Gasteiger partial charge in [0, 0.05) is 38.3 Å². The molecule has 1 aromatic rings. The first-order valence-corrected chi connectivity index (χ1v) is 8.57. The van der Waals surface area contributed by atoms with Crippen LogP contribution in [0.5, 0.6) is 0 Å². The smallest absolute Gasteiger partial charge is 0.255 e. The SMILES string of the molecule is O=C(NCCNc1ncc(C(=O)N2CCOCC2)cc1Cl)C1CC1. The quantitative estimate of drug-likeness (QED) is 0.750. The predicted molar refractivity (Wildman–Crippen MR) is 90.2 cm³/mol. The van der Waals surface area contributed by atoms with Gasteiger partial charge in [0.2, 0.25) is 5.91 Å². The highest BCUT2D eigenvalue weighted by atomic mass is 35.5. The van der Waals surface area contributed by atoms with Gasteiger partial charge in [-0.25, -0.2) is 4.98 Å². The van der Waals surface area contributed by atoms with Crippen molar-refractivity contribution in [2.45, 2.75) is 12.8 Å². The average Bonchev–Trinajstić information content (AvgIpc) is 3.45. The molecular weight excluding hydrogens is 332 g/mol. The third-order valence-electron chi connectivity index (χ3n) is 4.05. The van der Waals surface area contributed by atoms with E-state index in [1.807, 2.05) is 0 Å². The van der Waals surface area contributed by atoms with Gasteiger partial charge in [-0.3, -0.25) is 9.59 Å². The average molecular weight is 353 g/mol. The second-order valence-electron chi connectivity index (χ2n) is 5.95. The molecule has 2 N–H and O–H groups in total. The molecule has 0 radical (unpaired) electrons. The minimum absolute atomic E-state index is 0.0871. The molecule has 0 atom stereocenters. The normalized spacial score (nSPS) is 17.5. The summed E-state index contributed by atoms with van der Waals surface area (Å²) >= 11 is 6.21. The molecule has 7 nitrogen and oxygen atoms in total. The van der Waals surface area contributed by atoms with Gasteiger partial charge in [-0.2, -0.15) is 0 Å². The number of amides is 2. The number of morpholine rings is 1. The number of carbonyl (C=O) groups is 2. The van der Waals surface area contributed by atoms with E-state index in [4.69, 9.17) is 16.3 Å². The number of pyridine rings is 1. The molecule has 2 heterocycles. The van der Waals surface area contributed by atoms with Crippen LogP contribution >= 0.6 is 11.6 Å². The molecule has 1 aliphatic carbocycles. The summed E-state index contributed by atoms with van der Waals surface area (Å²) in [4.78, 5) is 29.9. The van der Waals surface area contributed by atoms with E-state index < -0.39 is 0 Å². The maximum Gasteiger partial charge on any atom is 0.255 e. The van der Waals surface area contributed by atoms with Crippen LogP contribution in [0.2, 0.25) is 5.02 Å². The summed E-state index contributed by atoms with van der Waals surface area (Å²) in [7, 11) is 0. The highest BCUT2D eigenvalue weighted by molar-refractivity contribution is 6.33. The number of nitrogens with one attached hydrogen (secondary N) is 2. The van der Waals surface area contributed by atoms with Crippen LogP contribution in [-0.2, 0) is 9.53 Å². The van der Waals surface area contributed by atoms with Gasteiger partial charge in [0.05, 0.1) is 23.8 Å². The van der Waals surface area contributed by atoms with Crippen LogP contribution in [0.15, 0.2) is 12.3 Å². The number of halogens is 1. The number of aromatic nitrogens is 1. The summed E-state index contributed by atoms with van der Waals surface area (Å²) in [5, 5.41) is 6.32. The number of anilines is 1. The summed E-state index contributed by atoms with van der Waals surface area (Å²) in [5.74, 6) is 0.742. The number of ether oxygens (including phenoxy) is 1. The van der Waals surface area contributed by atoms with Crippen LogP contribution in [0.3, 0.4) is 0 Å². The van der Waals surface area contributed by atoms with Crippen molar-refractivity contribution in [1.29, 1.82) is 0 Å². The van der Waals surface area contributed by atoms with Crippen molar-refractivity contribution in [3.05, 3.63) is 22.8 Å². The molecule has 2 aliphatic rings. The summed E-state index contributed by atoms with van der Waals surface area (Å²) in [6.07, 6.45) is 3.51. The van der Waals surface area contributed by atoms with Crippen LogP contribution < -0.4 is 10.6 Å². The number of hydrogen-bond acceptors (Lipinski definition) is 5. The minimum Gasteiger partial charge on any atom is -0.378 e. The van der Waals surface area contributed by atoms with Gasteiger partial charge < -0.3 is 20.3 Å². The zero-order valence-electron chi connectivity index (χ0n) is 13.4. The van der Waals surface area contributed by atoms with Gasteiger partial charge in [0.15, 0.2) is 0 Å². The standard InChI is InChI=1S/C16H21ClN4O3/c17-13-9-12(16(23)21-5-7-24-8-6-21)10-20-14(13)18-3-4-19-15(22)11-1-2-11/h9-11H,1-8H2,(H,18,20)(H,19,22). The first kappa shape index (κ1) is 17.0. The Morgan fingerprint density at radius 3 is 2.71 bits per heavy atom. The highest BCUT2D eigenvalue weighted by Gasteiger charge is 2.29. The fourth-order valence-corrected chi connectivity index (χ4v) is 2.72. The first-order chi connectivity index (χ1) is 11.6. The molecule has 2 amide bonds. The lowest BCUT2D eigenvalue weighted by atomic mass is 10.2. The second-order valence-corrected chi connectivity index (χ2v) is 6.36. The van der Waals surface area contributed by atoms with Crippen LogP contribution in [0.1, 0.15) is 23.2 Å². The number of rotatable bonds is 6. The molecule has 24 heavy (non-hydrogen) atoms. The van der Waals surface area contributed by atoms with Crippen LogP contribution in [0, 0.1) is 5.92 Å². The molecule has 8 heteroatoms. The minimum atomic E-state index is -0.0871. The topological polar surface area (TPSA) is 83.6 Å². The summed E-state index contributed by atoms with van der Waals surface area (Å²) in [6.45, 7) is 3.32. The second kappa shape index (κ2) is 7.81. The Morgan fingerprint density at radius 2 is 2.04 bits per heavy atom. The third-order valence-corrected chi connectivity index (χ3v) is 4.34. The number of hydrogen-bond donors (Lipinski definition) is 2. The molecule has 130 valence electrons. The number of nitrogens with zero attached hydrogens (tertiary/aromatic N) is 2. The molecule has 1 saturated carbocycles. The van der Waals surface area contributed by atoms with Gasteiger partial charge in [-0.05, 0) is 18.9 Å². The predicted octanol–water partition coefficient (Wildman–Crippen LogP) is 1.15. The lowest BCUT2D eigenvalue weighted by Crippen LogP contribution is -2.40. The Hall–Kier alpha value is -1.86. The first-order valence-electron chi connectivity index (χ1n) is 8.19. The van der Waals surface area contributed by atoms with Crippen molar-refractivity contribution in [2.75, 3.05) is 44.7 Å². The fourth-order valence-electron chi connectivity index (χ4n) is 2.49. The fraction of sp³-hybridized carbons (Fsp3) is 0.562. The van der Waals surface area contributed by atoms with Crippen molar-refractivity contribution in [2.24, 2.45) is 5.92 Å². The molecule has 2 fully saturated rings. The van der Waals surface area contributed by atoms with Crippen LogP contribution in [-0.4, -0.2) is 61.1 Å². The van der Waals surface area contributed by atoms with E-state index >= 15 is 0 Å². The maximum absolute atomic E-state index is 12.4. The third kappa shape index (κ3) is 4.36. The van der Waals surface area contributed by atoms with Crippen LogP contribution in [0.25, 0.3) is 0 Å². The van der Waals surface area contributed by atoms with Crippen molar-refractivity contribution < 1.29 is 14.3 Å². The van der Waals surface area contributed by atoms with E-state index in [-0.39, 0.29) is 17.7 Å². The lowest BCUT2D eigenvalue weighted by molar-refractivity contribution is -0.122. The summed E-state index contributed by atoms with van der Waals surface area (Å²) in [5.41, 5.74) is 0.467. The van der Waals surface area contributed by atoms with Gasteiger partial charge in [0.1, 0.15) is 5.82 Å². The van der Waals surface area contributed by atoms with Crippen molar-refractivity contribution >= 4 is 29.2 Å². The van der Waals surface area contributed by atoms with Crippen molar-refractivity contribution in [3.8, 4) is 0 Å². The zero-order valence-corrected chi connectivity index (χ0v) is 14.1. The van der Waals surface area contributed by atoms with Crippen molar-refractivity contribution in [1.82, 2.24) is 15.2 Å². The molecule has 0 unspecified atom stereocenters. The molecule has 1 saturated heterocycles. The highest BCUT2D eigenvalue weighted by Crippen LogP contribution is 2.28. The monoisotopic (exact) mass is 352 g/mol. The van der Waals surface area contributed by atoms with E-state index in [0.717, 1.165) is 12.8 Å². The molecule has 0 bridgehead atoms. The summed E-state index contributed by atoms with van der Waals surface area (Å²) < 4.78 is 5.24. The molecule has 3 rings (SSSR count). The molecule has 1 aromatic heterocycles. The van der Waals surface area contributed by atoms with E-state index in [1.165, 1.54) is 6.20 Å².